The van der Waals surface area contributed by atoms with Crippen LogP contribution in [0.3, 0.4) is 0 Å². The van der Waals surface area contributed by atoms with E-state index in [9.17, 15) is 8.42 Å². The first-order valence-corrected chi connectivity index (χ1v) is 8.74. The molecule has 0 aromatic heterocycles. The van der Waals surface area contributed by atoms with E-state index in [0.29, 0.717) is 0 Å². The third-order valence-electron chi connectivity index (χ3n) is 3.60. The van der Waals surface area contributed by atoms with Gasteiger partial charge in [-0.15, -0.1) is 0 Å². The summed E-state index contributed by atoms with van der Waals surface area (Å²) in [5, 5.41) is 0.214. The van der Waals surface area contributed by atoms with Crippen molar-refractivity contribution in [1.82, 2.24) is 4.72 Å². The molecule has 19 heavy (non-hydrogen) atoms. The maximum atomic E-state index is 12.3. The van der Waals surface area contributed by atoms with Gasteiger partial charge in [-0.2, -0.15) is 0 Å². The van der Waals surface area contributed by atoms with Gasteiger partial charge in [0.2, 0.25) is 10.0 Å². The fourth-order valence-corrected chi connectivity index (χ4v) is 5.03. The van der Waals surface area contributed by atoms with E-state index in [1.54, 1.807) is 12.1 Å². The van der Waals surface area contributed by atoms with Gasteiger partial charge in [0.1, 0.15) is 4.90 Å². The molecule has 2 bridgehead atoms. The maximum absolute atomic E-state index is 12.3. The summed E-state index contributed by atoms with van der Waals surface area (Å²) in [6.07, 6.45) is 2.92. The van der Waals surface area contributed by atoms with E-state index < -0.39 is 10.0 Å². The summed E-state index contributed by atoms with van der Waals surface area (Å²) in [6, 6.07) is 4.61. The molecule has 2 heterocycles. The highest BCUT2D eigenvalue weighted by atomic mass is 79.9. The summed E-state index contributed by atoms with van der Waals surface area (Å²) in [5.74, 6) is 0. The first kappa shape index (κ1) is 13.8. The third-order valence-corrected chi connectivity index (χ3v) is 6.06. The van der Waals surface area contributed by atoms with Crippen molar-refractivity contribution in [3.05, 3.63) is 27.7 Å². The van der Waals surface area contributed by atoms with E-state index in [0.717, 1.165) is 23.7 Å². The normalized spacial score (nSPS) is 29.9. The van der Waals surface area contributed by atoms with E-state index >= 15 is 0 Å². The van der Waals surface area contributed by atoms with Crippen LogP contribution >= 0.6 is 27.5 Å². The molecule has 0 radical (unpaired) electrons. The Morgan fingerprint density at radius 1 is 1.37 bits per heavy atom. The van der Waals surface area contributed by atoms with Crippen molar-refractivity contribution < 1.29 is 13.2 Å². The minimum absolute atomic E-state index is 0.00833. The molecule has 0 spiro atoms. The van der Waals surface area contributed by atoms with Gasteiger partial charge < -0.3 is 4.74 Å². The molecule has 2 aliphatic rings. The molecule has 0 amide bonds. The van der Waals surface area contributed by atoms with Gasteiger partial charge in [0.25, 0.3) is 0 Å². The van der Waals surface area contributed by atoms with Crippen LogP contribution in [-0.2, 0) is 14.8 Å². The second-order valence-corrected chi connectivity index (χ2v) is 7.92. The molecule has 1 aromatic carbocycles. The van der Waals surface area contributed by atoms with Crippen LogP contribution in [0.25, 0.3) is 0 Å². The van der Waals surface area contributed by atoms with Crippen LogP contribution in [-0.4, -0.2) is 26.7 Å². The third kappa shape index (κ3) is 2.69. The first-order chi connectivity index (χ1) is 8.95. The quantitative estimate of drug-likeness (QED) is 0.895. The predicted octanol–water partition coefficient (Wildman–Crippen LogP) is 2.70. The highest BCUT2D eigenvalue weighted by Gasteiger charge is 2.42. The molecule has 2 saturated heterocycles. The minimum atomic E-state index is -3.60. The van der Waals surface area contributed by atoms with Crippen molar-refractivity contribution in [3.8, 4) is 0 Å². The van der Waals surface area contributed by atoms with E-state index in [2.05, 4.69) is 20.7 Å². The molecule has 4 nitrogen and oxygen atoms in total. The highest BCUT2D eigenvalue weighted by molar-refractivity contribution is 9.10. The number of ether oxygens (including phenoxy) is 1. The summed E-state index contributed by atoms with van der Waals surface area (Å²) in [5.41, 5.74) is 0. The van der Waals surface area contributed by atoms with E-state index in [1.165, 1.54) is 6.07 Å². The van der Waals surface area contributed by atoms with Crippen LogP contribution in [0.15, 0.2) is 27.6 Å². The summed E-state index contributed by atoms with van der Waals surface area (Å²) in [4.78, 5) is 0.111. The first-order valence-electron chi connectivity index (χ1n) is 6.08. The molecule has 3 unspecified atom stereocenters. The fraction of sp³-hybridized carbons (Fsp3) is 0.500. The molecule has 2 fully saturated rings. The van der Waals surface area contributed by atoms with Crippen LogP contribution in [0.2, 0.25) is 5.02 Å². The van der Waals surface area contributed by atoms with Crippen molar-refractivity contribution in [1.29, 1.82) is 0 Å². The Hall–Kier alpha value is -0.140. The van der Waals surface area contributed by atoms with Crippen molar-refractivity contribution in [2.45, 2.75) is 42.4 Å². The second-order valence-electron chi connectivity index (χ2n) is 4.91. The Morgan fingerprint density at radius 3 is 2.74 bits per heavy atom. The van der Waals surface area contributed by atoms with Crippen LogP contribution in [0.4, 0.5) is 0 Å². The Bertz CT molecular complexity index is 607. The zero-order valence-electron chi connectivity index (χ0n) is 9.97. The van der Waals surface area contributed by atoms with Crippen LogP contribution < -0.4 is 4.72 Å². The van der Waals surface area contributed by atoms with E-state index in [-0.39, 0.29) is 28.2 Å². The standard InChI is InChI=1S/C12H13BrClNO3S/c13-7-1-4-12(9(14)5-7)19(16,17)15-10-6-8-2-3-11(10)18-8/h1,4-5,8,10-11,15H,2-3,6H2. The maximum Gasteiger partial charge on any atom is 0.242 e. The van der Waals surface area contributed by atoms with Crippen LogP contribution in [0.5, 0.6) is 0 Å². The van der Waals surface area contributed by atoms with Gasteiger partial charge in [-0.25, -0.2) is 13.1 Å². The molecule has 3 rings (SSSR count). The van der Waals surface area contributed by atoms with Crippen LogP contribution in [0, 0.1) is 0 Å². The average Bonchev–Trinajstić information content (AvgIpc) is 2.89. The van der Waals surface area contributed by atoms with E-state index in [1.807, 2.05) is 0 Å². The average molecular weight is 367 g/mol. The monoisotopic (exact) mass is 365 g/mol. The Kier molecular flexibility index (Phi) is 3.64. The molecular formula is C12H13BrClNO3S. The number of sulfonamides is 1. The minimum Gasteiger partial charge on any atom is -0.373 e. The molecule has 0 saturated carbocycles. The van der Waals surface area contributed by atoms with Crippen molar-refractivity contribution in [3.63, 3.8) is 0 Å². The zero-order valence-corrected chi connectivity index (χ0v) is 13.1. The largest absolute Gasteiger partial charge is 0.373 e. The van der Waals surface area contributed by atoms with Gasteiger partial charge in [-0.1, -0.05) is 27.5 Å². The van der Waals surface area contributed by atoms with Crippen molar-refractivity contribution in [2.24, 2.45) is 0 Å². The summed E-state index contributed by atoms with van der Waals surface area (Å²) in [7, 11) is -3.60. The molecule has 2 aliphatic heterocycles. The summed E-state index contributed by atoms with van der Waals surface area (Å²) >= 11 is 9.26. The molecule has 104 valence electrons. The molecule has 1 N–H and O–H groups in total. The lowest BCUT2D eigenvalue weighted by Gasteiger charge is -2.20. The fourth-order valence-electron chi connectivity index (χ4n) is 2.72. The lowest BCUT2D eigenvalue weighted by atomic mass is 9.96. The van der Waals surface area contributed by atoms with Gasteiger partial charge in [0, 0.05) is 4.47 Å². The van der Waals surface area contributed by atoms with E-state index in [4.69, 9.17) is 16.3 Å². The number of rotatable bonds is 3. The lowest BCUT2D eigenvalue weighted by molar-refractivity contribution is 0.0996. The Labute approximate surface area is 125 Å². The molecular weight excluding hydrogens is 354 g/mol. The number of halogens is 2. The topological polar surface area (TPSA) is 55.4 Å². The highest BCUT2D eigenvalue weighted by Crippen LogP contribution is 2.35. The Balaban J connectivity index is 1.83. The summed E-state index contributed by atoms with van der Waals surface area (Å²) < 4.78 is 33.8. The van der Waals surface area contributed by atoms with Gasteiger partial charge in [0.05, 0.1) is 23.3 Å². The van der Waals surface area contributed by atoms with Gasteiger partial charge in [-0.3, -0.25) is 0 Å². The smallest absolute Gasteiger partial charge is 0.242 e. The SMILES string of the molecule is O=S(=O)(NC1CC2CCC1O2)c1ccc(Br)cc1Cl. The van der Waals surface area contributed by atoms with Gasteiger partial charge in [0.15, 0.2) is 0 Å². The number of hydrogen-bond acceptors (Lipinski definition) is 3. The lowest BCUT2D eigenvalue weighted by Crippen LogP contribution is -2.41. The van der Waals surface area contributed by atoms with Crippen molar-refractivity contribution >= 4 is 37.6 Å². The Morgan fingerprint density at radius 2 is 2.16 bits per heavy atom. The van der Waals surface area contributed by atoms with Crippen molar-refractivity contribution in [2.75, 3.05) is 0 Å². The second kappa shape index (κ2) is 5.00. The molecule has 7 heteroatoms. The molecule has 1 aromatic rings. The van der Waals surface area contributed by atoms with Gasteiger partial charge in [-0.05, 0) is 37.5 Å². The molecule has 0 aliphatic carbocycles. The zero-order chi connectivity index (χ0) is 13.6. The van der Waals surface area contributed by atoms with Crippen LogP contribution in [0.1, 0.15) is 19.3 Å². The van der Waals surface area contributed by atoms with Gasteiger partial charge >= 0.3 is 0 Å². The number of fused-ring (bicyclic) bond motifs is 2. The molecule has 3 atom stereocenters. The number of benzene rings is 1. The number of nitrogens with one attached hydrogen (secondary N) is 1. The summed E-state index contributed by atoms with van der Waals surface area (Å²) in [6.45, 7) is 0. The number of hydrogen-bond donors (Lipinski definition) is 1. The predicted molar refractivity (Wildman–Crippen MR) is 75.8 cm³/mol.